The minimum Gasteiger partial charge on any atom is -0.374 e. The summed E-state index contributed by atoms with van der Waals surface area (Å²) in [5, 5.41) is 0. The van der Waals surface area contributed by atoms with E-state index in [0.29, 0.717) is 12.6 Å². The molecule has 1 aromatic carbocycles. The summed E-state index contributed by atoms with van der Waals surface area (Å²) < 4.78 is 5.84. The summed E-state index contributed by atoms with van der Waals surface area (Å²) in [6.45, 7) is 9.89. The molecule has 3 heteroatoms. The van der Waals surface area contributed by atoms with Crippen LogP contribution in [-0.2, 0) is 4.74 Å². The Labute approximate surface area is 110 Å². The third-order valence-corrected chi connectivity index (χ3v) is 3.68. The predicted molar refractivity (Wildman–Crippen MR) is 74.7 cm³/mol. The lowest BCUT2D eigenvalue weighted by atomic mass is 9.95. The van der Waals surface area contributed by atoms with Crippen LogP contribution < -0.4 is 5.73 Å². The summed E-state index contributed by atoms with van der Waals surface area (Å²) >= 11 is 0. The molecule has 2 unspecified atom stereocenters. The van der Waals surface area contributed by atoms with Crippen LogP contribution in [0, 0.1) is 13.8 Å². The summed E-state index contributed by atoms with van der Waals surface area (Å²) in [7, 11) is 0. The Morgan fingerprint density at radius 1 is 1.28 bits per heavy atom. The van der Waals surface area contributed by atoms with E-state index in [2.05, 4.69) is 43.9 Å². The van der Waals surface area contributed by atoms with Crippen molar-refractivity contribution in [1.29, 1.82) is 0 Å². The molecule has 1 fully saturated rings. The second-order valence-corrected chi connectivity index (χ2v) is 5.14. The molecule has 1 heterocycles. The van der Waals surface area contributed by atoms with Gasteiger partial charge in [-0.3, -0.25) is 4.90 Å². The standard InChI is InChI=1S/C15H24N2O/c1-4-17-5-6-18-14(10-16)15(17)13-8-11(2)7-12(3)9-13/h7-9,14-15H,4-6,10,16H2,1-3H3. The highest BCUT2D eigenvalue weighted by atomic mass is 16.5. The normalized spacial score (nSPS) is 25.3. The third-order valence-electron chi connectivity index (χ3n) is 3.68. The van der Waals surface area contributed by atoms with Gasteiger partial charge in [-0.2, -0.15) is 0 Å². The van der Waals surface area contributed by atoms with Crippen LogP contribution in [0.15, 0.2) is 18.2 Å². The van der Waals surface area contributed by atoms with E-state index in [0.717, 1.165) is 19.7 Å². The second kappa shape index (κ2) is 5.83. The first kappa shape index (κ1) is 13.5. The van der Waals surface area contributed by atoms with Gasteiger partial charge in [0.2, 0.25) is 0 Å². The molecule has 100 valence electrons. The molecule has 0 spiro atoms. The number of nitrogens with zero attached hydrogens (tertiary/aromatic N) is 1. The molecule has 0 bridgehead atoms. The molecule has 0 radical (unpaired) electrons. The Morgan fingerprint density at radius 3 is 2.50 bits per heavy atom. The second-order valence-electron chi connectivity index (χ2n) is 5.14. The topological polar surface area (TPSA) is 38.5 Å². The van der Waals surface area contributed by atoms with Crippen LogP contribution in [0.25, 0.3) is 0 Å². The molecule has 3 nitrogen and oxygen atoms in total. The molecule has 2 N–H and O–H groups in total. The van der Waals surface area contributed by atoms with Crippen molar-refractivity contribution in [2.24, 2.45) is 5.73 Å². The van der Waals surface area contributed by atoms with Crippen molar-refractivity contribution in [3.05, 3.63) is 34.9 Å². The molecule has 0 amide bonds. The summed E-state index contributed by atoms with van der Waals surface area (Å²) in [5.41, 5.74) is 9.83. The van der Waals surface area contributed by atoms with E-state index in [4.69, 9.17) is 10.5 Å². The maximum absolute atomic E-state index is 5.87. The minimum absolute atomic E-state index is 0.111. The number of morpholine rings is 1. The van der Waals surface area contributed by atoms with Crippen LogP contribution in [0.4, 0.5) is 0 Å². The fraction of sp³-hybridized carbons (Fsp3) is 0.600. The van der Waals surface area contributed by atoms with Crippen molar-refractivity contribution in [3.8, 4) is 0 Å². The van der Waals surface area contributed by atoms with E-state index in [9.17, 15) is 0 Å². The molecular formula is C15H24N2O. The molecule has 1 saturated heterocycles. The fourth-order valence-corrected chi connectivity index (χ4v) is 2.94. The number of hydrogen-bond donors (Lipinski definition) is 1. The van der Waals surface area contributed by atoms with E-state index < -0.39 is 0 Å². The number of benzene rings is 1. The predicted octanol–water partition coefficient (Wildman–Crippen LogP) is 2.02. The van der Waals surface area contributed by atoms with Crippen molar-refractivity contribution in [2.75, 3.05) is 26.2 Å². The average Bonchev–Trinajstić information content (AvgIpc) is 2.36. The number of rotatable bonds is 3. The molecule has 0 aliphatic carbocycles. The van der Waals surface area contributed by atoms with Crippen LogP contribution in [0.1, 0.15) is 29.7 Å². The maximum Gasteiger partial charge on any atom is 0.0894 e. The Kier molecular flexibility index (Phi) is 4.38. The summed E-state index contributed by atoms with van der Waals surface area (Å²) in [6.07, 6.45) is 0.111. The summed E-state index contributed by atoms with van der Waals surface area (Å²) in [5.74, 6) is 0. The molecule has 1 aliphatic rings. The van der Waals surface area contributed by atoms with Crippen molar-refractivity contribution in [2.45, 2.75) is 32.9 Å². The Bertz CT molecular complexity index is 373. The van der Waals surface area contributed by atoms with Gasteiger partial charge in [0.15, 0.2) is 0 Å². The lowest BCUT2D eigenvalue weighted by Gasteiger charge is -2.40. The zero-order chi connectivity index (χ0) is 13.1. The zero-order valence-corrected chi connectivity index (χ0v) is 11.6. The van der Waals surface area contributed by atoms with Gasteiger partial charge in [-0.15, -0.1) is 0 Å². The lowest BCUT2D eigenvalue weighted by molar-refractivity contribution is -0.0658. The Hall–Kier alpha value is -0.900. The monoisotopic (exact) mass is 248 g/mol. The van der Waals surface area contributed by atoms with Gasteiger partial charge in [0.05, 0.1) is 18.8 Å². The molecule has 2 rings (SSSR count). The van der Waals surface area contributed by atoms with Gasteiger partial charge in [0.25, 0.3) is 0 Å². The van der Waals surface area contributed by atoms with E-state index in [-0.39, 0.29) is 6.10 Å². The largest absolute Gasteiger partial charge is 0.374 e. The van der Waals surface area contributed by atoms with Crippen LogP contribution in [0.5, 0.6) is 0 Å². The smallest absolute Gasteiger partial charge is 0.0894 e. The van der Waals surface area contributed by atoms with Crippen molar-refractivity contribution in [3.63, 3.8) is 0 Å². The zero-order valence-electron chi connectivity index (χ0n) is 11.6. The van der Waals surface area contributed by atoms with Crippen LogP contribution in [-0.4, -0.2) is 37.2 Å². The minimum atomic E-state index is 0.111. The van der Waals surface area contributed by atoms with Crippen molar-refractivity contribution >= 4 is 0 Å². The van der Waals surface area contributed by atoms with Crippen LogP contribution in [0.3, 0.4) is 0 Å². The van der Waals surface area contributed by atoms with Gasteiger partial charge >= 0.3 is 0 Å². The van der Waals surface area contributed by atoms with Gasteiger partial charge in [-0.1, -0.05) is 36.2 Å². The lowest BCUT2D eigenvalue weighted by Crippen LogP contribution is -2.48. The van der Waals surface area contributed by atoms with Crippen LogP contribution >= 0.6 is 0 Å². The Morgan fingerprint density at radius 2 is 1.94 bits per heavy atom. The van der Waals surface area contributed by atoms with Crippen molar-refractivity contribution < 1.29 is 4.74 Å². The number of likely N-dealkylation sites (N-methyl/N-ethyl adjacent to an activating group) is 1. The summed E-state index contributed by atoms with van der Waals surface area (Å²) in [6, 6.07) is 7.03. The first-order valence-corrected chi connectivity index (χ1v) is 6.79. The fourth-order valence-electron chi connectivity index (χ4n) is 2.94. The molecule has 1 aliphatic heterocycles. The third kappa shape index (κ3) is 2.74. The highest BCUT2D eigenvalue weighted by molar-refractivity contribution is 5.31. The van der Waals surface area contributed by atoms with Gasteiger partial charge < -0.3 is 10.5 Å². The molecular weight excluding hydrogens is 224 g/mol. The average molecular weight is 248 g/mol. The quantitative estimate of drug-likeness (QED) is 0.889. The van der Waals surface area contributed by atoms with Crippen molar-refractivity contribution in [1.82, 2.24) is 4.90 Å². The maximum atomic E-state index is 5.87. The van der Waals surface area contributed by atoms with Crippen LogP contribution in [0.2, 0.25) is 0 Å². The van der Waals surface area contributed by atoms with Gasteiger partial charge in [-0.05, 0) is 26.0 Å². The number of hydrogen-bond acceptors (Lipinski definition) is 3. The summed E-state index contributed by atoms with van der Waals surface area (Å²) in [4.78, 5) is 2.47. The van der Waals surface area contributed by atoms with E-state index in [1.807, 2.05) is 0 Å². The highest BCUT2D eigenvalue weighted by Crippen LogP contribution is 2.30. The van der Waals surface area contributed by atoms with Gasteiger partial charge in [0.1, 0.15) is 0 Å². The first-order valence-electron chi connectivity index (χ1n) is 6.79. The number of ether oxygens (including phenoxy) is 1. The van der Waals surface area contributed by atoms with E-state index >= 15 is 0 Å². The Balaban J connectivity index is 2.35. The molecule has 1 aromatic rings. The molecule has 0 saturated carbocycles. The molecule has 18 heavy (non-hydrogen) atoms. The van der Waals surface area contributed by atoms with E-state index in [1.54, 1.807) is 0 Å². The van der Waals surface area contributed by atoms with Gasteiger partial charge in [-0.25, -0.2) is 0 Å². The highest BCUT2D eigenvalue weighted by Gasteiger charge is 2.31. The number of nitrogens with two attached hydrogens (primary N) is 1. The van der Waals surface area contributed by atoms with E-state index in [1.165, 1.54) is 16.7 Å². The van der Waals surface area contributed by atoms with Gasteiger partial charge in [0, 0.05) is 13.1 Å². The SMILES string of the molecule is CCN1CCOC(CN)C1c1cc(C)cc(C)c1. The molecule has 0 aromatic heterocycles. The first-order chi connectivity index (χ1) is 8.65. The molecule has 2 atom stereocenters. The number of aryl methyl sites for hydroxylation is 2.